The number of amides is 1. The van der Waals surface area contributed by atoms with E-state index >= 15 is 0 Å². The van der Waals surface area contributed by atoms with Gasteiger partial charge in [-0.25, -0.2) is 12.8 Å². The molecular formula is C18H21ClFN3O3S. The fourth-order valence-electron chi connectivity index (χ4n) is 2.78. The highest BCUT2D eigenvalue weighted by atomic mass is 35.5. The van der Waals surface area contributed by atoms with Crippen LogP contribution in [0.15, 0.2) is 53.4 Å². The monoisotopic (exact) mass is 413 g/mol. The predicted octanol–water partition coefficient (Wildman–Crippen LogP) is 2.48. The third kappa shape index (κ3) is 5.18. The number of hydrogen-bond acceptors (Lipinski definition) is 4. The molecule has 27 heavy (non-hydrogen) atoms. The summed E-state index contributed by atoms with van der Waals surface area (Å²) in [6.45, 7) is 2.75. The molecule has 0 atom stereocenters. The van der Waals surface area contributed by atoms with Gasteiger partial charge in [-0.1, -0.05) is 18.2 Å². The molecule has 0 bridgehead atoms. The fraction of sp³-hybridized carbons (Fsp3) is 0.278. The van der Waals surface area contributed by atoms with E-state index in [9.17, 15) is 17.6 Å². The average Bonchev–Trinajstić information content (AvgIpc) is 2.92. The molecule has 1 aliphatic heterocycles. The highest BCUT2D eigenvalue weighted by Crippen LogP contribution is 2.20. The SMILES string of the molecule is Cl.O=C(c1cccc(S(=O)(=O)Nc2ccccc2F)c1)N1CCCNCC1. The molecule has 1 saturated heterocycles. The van der Waals surface area contributed by atoms with E-state index < -0.39 is 15.8 Å². The first-order valence-electron chi connectivity index (χ1n) is 8.35. The minimum absolute atomic E-state index is 0. The number of nitrogens with zero attached hydrogens (tertiary/aromatic N) is 1. The number of benzene rings is 2. The number of carbonyl (C=O) groups is 1. The largest absolute Gasteiger partial charge is 0.337 e. The lowest BCUT2D eigenvalue weighted by Gasteiger charge is -2.20. The molecule has 146 valence electrons. The van der Waals surface area contributed by atoms with Crippen LogP contribution >= 0.6 is 12.4 Å². The lowest BCUT2D eigenvalue weighted by molar-refractivity contribution is 0.0766. The maximum Gasteiger partial charge on any atom is 0.262 e. The highest BCUT2D eigenvalue weighted by Gasteiger charge is 2.21. The Morgan fingerprint density at radius 1 is 1.07 bits per heavy atom. The molecular weight excluding hydrogens is 393 g/mol. The van der Waals surface area contributed by atoms with Crippen molar-refractivity contribution in [1.29, 1.82) is 0 Å². The van der Waals surface area contributed by atoms with Gasteiger partial charge in [-0.05, 0) is 43.3 Å². The molecule has 2 aromatic carbocycles. The summed E-state index contributed by atoms with van der Waals surface area (Å²) in [6, 6.07) is 11.3. The molecule has 0 radical (unpaired) electrons. The smallest absolute Gasteiger partial charge is 0.262 e. The van der Waals surface area contributed by atoms with Gasteiger partial charge in [0.05, 0.1) is 10.6 Å². The zero-order valence-corrected chi connectivity index (χ0v) is 16.2. The Labute approximate surface area is 164 Å². The Morgan fingerprint density at radius 3 is 2.63 bits per heavy atom. The van der Waals surface area contributed by atoms with Crippen molar-refractivity contribution < 1.29 is 17.6 Å². The molecule has 1 aliphatic rings. The van der Waals surface area contributed by atoms with Crippen molar-refractivity contribution in [2.75, 3.05) is 30.9 Å². The van der Waals surface area contributed by atoms with Crippen LogP contribution in [0.3, 0.4) is 0 Å². The maximum atomic E-state index is 13.7. The number of para-hydroxylation sites is 1. The lowest BCUT2D eigenvalue weighted by atomic mass is 10.2. The van der Waals surface area contributed by atoms with Gasteiger partial charge in [-0.2, -0.15) is 0 Å². The Hall–Kier alpha value is -2.16. The van der Waals surface area contributed by atoms with Gasteiger partial charge < -0.3 is 10.2 Å². The molecule has 0 spiro atoms. The third-order valence-electron chi connectivity index (χ3n) is 4.14. The maximum absolute atomic E-state index is 13.7. The standard InChI is InChI=1S/C18H20FN3O3S.ClH/c19-16-7-1-2-8-17(16)21-26(24,25)15-6-3-5-14(13-15)18(23)22-11-4-9-20-10-12-22;/h1-3,5-8,13,20-21H,4,9-12H2;1H. The molecule has 0 unspecified atom stereocenters. The molecule has 0 aliphatic carbocycles. The zero-order valence-electron chi connectivity index (χ0n) is 14.5. The zero-order chi connectivity index (χ0) is 18.6. The minimum Gasteiger partial charge on any atom is -0.337 e. The first-order valence-corrected chi connectivity index (χ1v) is 9.83. The van der Waals surface area contributed by atoms with Crippen LogP contribution in [0.25, 0.3) is 0 Å². The number of carbonyl (C=O) groups excluding carboxylic acids is 1. The van der Waals surface area contributed by atoms with Crippen molar-refractivity contribution in [3.63, 3.8) is 0 Å². The number of halogens is 2. The second-order valence-electron chi connectivity index (χ2n) is 6.01. The lowest BCUT2D eigenvalue weighted by Crippen LogP contribution is -2.34. The molecule has 1 amide bonds. The summed E-state index contributed by atoms with van der Waals surface area (Å²) < 4.78 is 41.0. The predicted molar refractivity (Wildman–Crippen MR) is 104 cm³/mol. The van der Waals surface area contributed by atoms with Crippen LogP contribution in [0.2, 0.25) is 0 Å². The van der Waals surface area contributed by atoms with E-state index in [0.29, 0.717) is 25.2 Å². The molecule has 0 saturated carbocycles. The Morgan fingerprint density at radius 2 is 1.85 bits per heavy atom. The third-order valence-corrected chi connectivity index (χ3v) is 5.50. The summed E-state index contributed by atoms with van der Waals surface area (Å²) in [5.41, 5.74) is 0.158. The highest BCUT2D eigenvalue weighted by molar-refractivity contribution is 7.92. The molecule has 3 rings (SSSR count). The first kappa shape index (κ1) is 21.1. The van der Waals surface area contributed by atoms with E-state index in [1.54, 1.807) is 11.0 Å². The van der Waals surface area contributed by atoms with Crippen molar-refractivity contribution in [2.24, 2.45) is 0 Å². The Kier molecular flexibility index (Phi) is 7.18. The van der Waals surface area contributed by atoms with Crippen LogP contribution < -0.4 is 10.0 Å². The van der Waals surface area contributed by atoms with Crippen LogP contribution in [0, 0.1) is 5.82 Å². The van der Waals surface area contributed by atoms with Crippen molar-refractivity contribution >= 4 is 34.0 Å². The van der Waals surface area contributed by atoms with E-state index in [0.717, 1.165) is 13.0 Å². The summed E-state index contributed by atoms with van der Waals surface area (Å²) in [5.74, 6) is -0.878. The first-order chi connectivity index (χ1) is 12.5. The number of hydrogen-bond donors (Lipinski definition) is 2. The topological polar surface area (TPSA) is 78.5 Å². The number of anilines is 1. The van der Waals surface area contributed by atoms with Crippen LogP contribution in [-0.2, 0) is 10.0 Å². The van der Waals surface area contributed by atoms with Gasteiger partial charge >= 0.3 is 0 Å². The number of rotatable bonds is 4. The van der Waals surface area contributed by atoms with Crippen molar-refractivity contribution in [3.05, 3.63) is 59.9 Å². The van der Waals surface area contributed by atoms with E-state index in [1.807, 2.05) is 0 Å². The summed E-state index contributed by atoms with van der Waals surface area (Å²) in [7, 11) is -4.00. The van der Waals surface area contributed by atoms with Crippen LogP contribution in [0.4, 0.5) is 10.1 Å². The van der Waals surface area contributed by atoms with Gasteiger partial charge in [0.25, 0.3) is 15.9 Å². The molecule has 1 fully saturated rings. The quantitative estimate of drug-likeness (QED) is 0.807. The van der Waals surface area contributed by atoms with Gasteiger partial charge in [0, 0.05) is 25.2 Å². The Bertz CT molecular complexity index is 900. The summed E-state index contributed by atoms with van der Waals surface area (Å²) in [6.07, 6.45) is 0.846. The van der Waals surface area contributed by atoms with Gasteiger partial charge in [-0.15, -0.1) is 12.4 Å². The van der Waals surface area contributed by atoms with E-state index in [4.69, 9.17) is 0 Å². The number of sulfonamides is 1. The second kappa shape index (κ2) is 9.16. The van der Waals surface area contributed by atoms with Gasteiger partial charge in [-0.3, -0.25) is 9.52 Å². The van der Waals surface area contributed by atoms with Gasteiger partial charge in [0.15, 0.2) is 0 Å². The number of nitrogens with one attached hydrogen (secondary N) is 2. The summed E-state index contributed by atoms with van der Waals surface area (Å²) in [4.78, 5) is 14.3. The second-order valence-corrected chi connectivity index (χ2v) is 7.69. The van der Waals surface area contributed by atoms with Crippen molar-refractivity contribution in [2.45, 2.75) is 11.3 Å². The molecule has 6 nitrogen and oxygen atoms in total. The van der Waals surface area contributed by atoms with Crippen molar-refractivity contribution in [3.8, 4) is 0 Å². The Balaban J connectivity index is 0.00000261. The molecule has 1 heterocycles. The normalized spacial score (nSPS) is 14.8. The van der Waals surface area contributed by atoms with Crippen LogP contribution in [-0.4, -0.2) is 45.4 Å². The van der Waals surface area contributed by atoms with Gasteiger partial charge in [0.1, 0.15) is 5.82 Å². The molecule has 2 N–H and O–H groups in total. The van der Waals surface area contributed by atoms with E-state index in [2.05, 4.69) is 10.0 Å². The van der Waals surface area contributed by atoms with Crippen LogP contribution in [0.5, 0.6) is 0 Å². The molecule has 2 aromatic rings. The molecule has 9 heteroatoms. The van der Waals surface area contributed by atoms with Gasteiger partial charge in [0.2, 0.25) is 0 Å². The van der Waals surface area contributed by atoms with E-state index in [1.165, 1.54) is 42.5 Å². The van der Waals surface area contributed by atoms with Crippen molar-refractivity contribution in [1.82, 2.24) is 10.2 Å². The summed E-state index contributed by atoms with van der Waals surface area (Å²) >= 11 is 0. The minimum atomic E-state index is -4.00. The van der Waals surface area contributed by atoms with Crippen LogP contribution in [0.1, 0.15) is 16.8 Å². The summed E-state index contributed by atoms with van der Waals surface area (Å²) in [5, 5.41) is 3.22. The average molecular weight is 414 g/mol. The fourth-order valence-corrected chi connectivity index (χ4v) is 3.89. The molecule has 0 aromatic heterocycles. The van der Waals surface area contributed by atoms with E-state index in [-0.39, 0.29) is 28.9 Å².